The van der Waals surface area contributed by atoms with Crippen LogP contribution < -0.4 is 0 Å². The SMILES string of the molecule is COCCN(Cc1ccc(C)o1)C(=O)c1cnc(C(=O)O)cn1. The maximum atomic E-state index is 12.5. The molecule has 0 spiro atoms. The van der Waals surface area contributed by atoms with Crippen molar-refractivity contribution in [1.29, 1.82) is 0 Å². The van der Waals surface area contributed by atoms with E-state index in [1.165, 1.54) is 4.90 Å². The van der Waals surface area contributed by atoms with E-state index in [-0.39, 0.29) is 23.8 Å². The average molecular weight is 319 g/mol. The number of hydrogen-bond acceptors (Lipinski definition) is 6. The molecule has 0 saturated heterocycles. The highest BCUT2D eigenvalue weighted by molar-refractivity contribution is 5.92. The number of carboxylic acid groups (broad SMARTS) is 1. The number of carboxylic acids is 1. The van der Waals surface area contributed by atoms with Crippen LogP contribution in [0.25, 0.3) is 0 Å². The predicted molar refractivity (Wildman–Crippen MR) is 79.1 cm³/mol. The lowest BCUT2D eigenvalue weighted by atomic mass is 10.3. The van der Waals surface area contributed by atoms with Gasteiger partial charge in [0.15, 0.2) is 5.69 Å². The summed E-state index contributed by atoms with van der Waals surface area (Å²) in [5, 5.41) is 8.81. The molecule has 23 heavy (non-hydrogen) atoms. The Morgan fingerprint density at radius 1 is 1.26 bits per heavy atom. The molecular formula is C15H17N3O5. The summed E-state index contributed by atoms with van der Waals surface area (Å²) in [6.45, 7) is 2.78. The van der Waals surface area contributed by atoms with Gasteiger partial charge in [-0.3, -0.25) is 4.79 Å². The molecule has 0 atom stereocenters. The van der Waals surface area contributed by atoms with Gasteiger partial charge in [-0.25, -0.2) is 14.8 Å². The van der Waals surface area contributed by atoms with E-state index in [1.54, 1.807) is 13.2 Å². The zero-order valence-electron chi connectivity index (χ0n) is 12.9. The van der Waals surface area contributed by atoms with Crippen molar-refractivity contribution in [2.45, 2.75) is 13.5 Å². The maximum absolute atomic E-state index is 12.5. The number of carbonyl (C=O) groups is 2. The second kappa shape index (κ2) is 7.50. The number of rotatable bonds is 7. The van der Waals surface area contributed by atoms with E-state index in [1.807, 2.05) is 13.0 Å². The molecule has 0 radical (unpaired) electrons. The molecule has 0 fully saturated rings. The van der Waals surface area contributed by atoms with Crippen molar-refractivity contribution in [3.05, 3.63) is 47.4 Å². The van der Waals surface area contributed by atoms with Crippen LogP contribution in [0.5, 0.6) is 0 Å². The Kier molecular flexibility index (Phi) is 5.42. The second-order valence-corrected chi connectivity index (χ2v) is 4.82. The van der Waals surface area contributed by atoms with Gasteiger partial charge in [-0.2, -0.15) is 0 Å². The summed E-state index contributed by atoms with van der Waals surface area (Å²) in [5.41, 5.74) is -0.152. The molecule has 0 aromatic carbocycles. The van der Waals surface area contributed by atoms with Gasteiger partial charge >= 0.3 is 5.97 Å². The summed E-state index contributed by atoms with van der Waals surface area (Å²) in [6.07, 6.45) is 2.21. The minimum Gasteiger partial charge on any atom is -0.476 e. The Balaban J connectivity index is 2.16. The Morgan fingerprint density at radius 2 is 1.96 bits per heavy atom. The summed E-state index contributed by atoms with van der Waals surface area (Å²) in [4.78, 5) is 32.4. The third-order valence-corrected chi connectivity index (χ3v) is 3.09. The first-order chi connectivity index (χ1) is 11.0. The van der Waals surface area contributed by atoms with E-state index in [0.29, 0.717) is 18.9 Å². The summed E-state index contributed by atoms with van der Waals surface area (Å²) in [5.74, 6) is -0.175. The van der Waals surface area contributed by atoms with Gasteiger partial charge in [0.25, 0.3) is 5.91 Å². The molecule has 2 aromatic heterocycles. The Labute approximate surface area is 132 Å². The van der Waals surface area contributed by atoms with Gasteiger partial charge < -0.3 is 19.2 Å². The van der Waals surface area contributed by atoms with Crippen LogP contribution in [0.2, 0.25) is 0 Å². The molecule has 8 nitrogen and oxygen atoms in total. The number of aromatic nitrogens is 2. The normalized spacial score (nSPS) is 10.5. The molecule has 2 rings (SSSR count). The molecule has 8 heteroatoms. The summed E-state index contributed by atoms with van der Waals surface area (Å²) in [6, 6.07) is 3.61. The lowest BCUT2D eigenvalue weighted by molar-refractivity contribution is 0.0653. The number of hydrogen-bond donors (Lipinski definition) is 1. The lowest BCUT2D eigenvalue weighted by Gasteiger charge is -2.20. The standard InChI is InChI=1S/C15H17N3O5/c1-10-3-4-11(23-10)9-18(5-6-22-2)14(19)12-7-17-13(8-16-12)15(20)21/h3-4,7-8H,5-6,9H2,1-2H3,(H,20,21). The van der Waals surface area contributed by atoms with E-state index in [9.17, 15) is 9.59 Å². The van der Waals surface area contributed by atoms with Gasteiger partial charge in [-0.15, -0.1) is 0 Å². The predicted octanol–water partition coefficient (Wildman–Crippen LogP) is 1.37. The van der Waals surface area contributed by atoms with Gasteiger partial charge in [-0.1, -0.05) is 0 Å². The van der Waals surface area contributed by atoms with Crippen molar-refractivity contribution in [2.24, 2.45) is 0 Å². The fraction of sp³-hybridized carbons (Fsp3) is 0.333. The molecule has 2 aromatic rings. The fourth-order valence-electron chi connectivity index (χ4n) is 1.92. The van der Waals surface area contributed by atoms with Crippen molar-refractivity contribution in [3.8, 4) is 0 Å². The summed E-state index contributed by atoms with van der Waals surface area (Å²) >= 11 is 0. The minimum absolute atomic E-state index is 0.0642. The Hall–Kier alpha value is -2.74. The van der Waals surface area contributed by atoms with Gasteiger partial charge in [0.1, 0.15) is 17.2 Å². The number of furan rings is 1. The first-order valence-electron chi connectivity index (χ1n) is 6.90. The van der Waals surface area contributed by atoms with Gasteiger partial charge in [0.2, 0.25) is 0 Å². The first kappa shape index (κ1) is 16.6. The summed E-state index contributed by atoms with van der Waals surface area (Å²) < 4.78 is 10.5. The molecule has 0 bridgehead atoms. The van der Waals surface area contributed by atoms with Crippen LogP contribution in [0.4, 0.5) is 0 Å². The second-order valence-electron chi connectivity index (χ2n) is 4.82. The average Bonchev–Trinajstić information content (AvgIpc) is 2.96. The number of aryl methyl sites for hydroxylation is 1. The number of amides is 1. The molecule has 2 heterocycles. The van der Waals surface area contributed by atoms with Gasteiger partial charge in [-0.05, 0) is 19.1 Å². The Morgan fingerprint density at radius 3 is 2.48 bits per heavy atom. The third kappa shape index (κ3) is 4.36. The molecule has 0 aliphatic rings. The highest BCUT2D eigenvalue weighted by Gasteiger charge is 2.19. The topological polar surface area (TPSA) is 106 Å². The molecule has 122 valence electrons. The first-order valence-corrected chi connectivity index (χ1v) is 6.90. The van der Waals surface area contributed by atoms with Crippen LogP contribution in [0, 0.1) is 6.92 Å². The minimum atomic E-state index is -1.20. The zero-order valence-corrected chi connectivity index (χ0v) is 12.9. The highest BCUT2D eigenvalue weighted by atomic mass is 16.5. The largest absolute Gasteiger partial charge is 0.476 e. The quantitative estimate of drug-likeness (QED) is 0.821. The number of ether oxygens (including phenoxy) is 1. The lowest BCUT2D eigenvalue weighted by Crippen LogP contribution is -2.34. The van der Waals surface area contributed by atoms with Gasteiger partial charge in [0, 0.05) is 13.7 Å². The highest BCUT2D eigenvalue weighted by Crippen LogP contribution is 2.12. The zero-order chi connectivity index (χ0) is 16.8. The van der Waals surface area contributed by atoms with Crippen LogP contribution >= 0.6 is 0 Å². The fourth-order valence-corrected chi connectivity index (χ4v) is 1.92. The number of methoxy groups -OCH3 is 1. The van der Waals surface area contributed by atoms with E-state index < -0.39 is 5.97 Å². The van der Waals surface area contributed by atoms with E-state index in [4.69, 9.17) is 14.3 Å². The van der Waals surface area contributed by atoms with E-state index in [0.717, 1.165) is 18.2 Å². The Bertz CT molecular complexity index is 681. The van der Waals surface area contributed by atoms with E-state index in [2.05, 4.69) is 9.97 Å². The monoisotopic (exact) mass is 319 g/mol. The van der Waals surface area contributed by atoms with Crippen LogP contribution in [0.1, 0.15) is 32.5 Å². The molecule has 0 aliphatic carbocycles. The number of aromatic carboxylic acids is 1. The van der Waals surface area contributed by atoms with Crippen LogP contribution in [0.3, 0.4) is 0 Å². The molecule has 0 saturated carbocycles. The van der Waals surface area contributed by atoms with E-state index >= 15 is 0 Å². The van der Waals surface area contributed by atoms with Crippen molar-refractivity contribution in [1.82, 2.24) is 14.9 Å². The van der Waals surface area contributed by atoms with Gasteiger partial charge in [0.05, 0.1) is 25.5 Å². The van der Waals surface area contributed by atoms with Crippen molar-refractivity contribution < 1.29 is 23.8 Å². The van der Waals surface area contributed by atoms with Crippen LogP contribution in [-0.4, -0.2) is 52.1 Å². The number of carbonyl (C=O) groups excluding carboxylic acids is 1. The van der Waals surface area contributed by atoms with Crippen LogP contribution in [0.15, 0.2) is 28.9 Å². The number of nitrogens with zero attached hydrogens (tertiary/aromatic N) is 3. The van der Waals surface area contributed by atoms with Crippen molar-refractivity contribution in [2.75, 3.05) is 20.3 Å². The molecule has 0 aliphatic heterocycles. The van der Waals surface area contributed by atoms with Crippen molar-refractivity contribution >= 4 is 11.9 Å². The van der Waals surface area contributed by atoms with Crippen LogP contribution in [-0.2, 0) is 11.3 Å². The third-order valence-electron chi connectivity index (χ3n) is 3.09. The molecule has 1 amide bonds. The molecule has 1 N–H and O–H groups in total. The smallest absolute Gasteiger partial charge is 0.356 e. The van der Waals surface area contributed by atoms with Crippen molar-refractivity contribution in [3.63, 3.8) is 0 Å². The molecule has 0 unspecified atom stereocenters. The molecular weight excluding hydrogens is 302 g/mol. The summed E-state index contributed by atoms with van der Waals surface area (Å²) in [7, 11) is 1.54. The maximum Gasteiger partial charge on any atom is 0.356 e.